The van der Waals surface area contributed by atoms with Gasteiger partial charge in [-0.15, -0.1) is 0 Å². The fourth-order valence-corrected chi connectivity index (χ4v) is 0.598. The number of rotatable bonds is 8. The van der Waals surface area contributed by atoms with Gasteiger partial charge in [0.15, 0.2) is 0 Å². The van der Waals surface area contributed by atoms with E-state index in [1.165, 1.54) is 0 Å². The van der Waals surface area contributed by atoms with Gasteiger partial charge >= 0.3 is 33.7 Å². The molecule has 0 rings (SSSR count). The molecule has 0 aromatic heterocycles. The number of esters is 2. The molecule has 0 saturated heterocycles. The molecule has 29 heavy (non-hydrogen) atoms. The molecule has 8 nitrogen and oxygen atoms in total. The van der Waals surface area contributed by atoms with E-state index in [9.17, 15) is 9.59 Å². The number of carbonyl (C=O) groups is 2. The Morgan fingerprint density at radius 2 is 0.966 bits per heavy atom. The normalized spacial score (nSPS) is 11.2. The van der Waals surface area contributed by atoms with Gasteiger partial charge in [0.2, 0.25) is 0 Å². The van der Waals surface area contributed by atoms with Crippen LogP contribution in [0.5, 0.6) is 0 Å². The Morgan fingerprint density at radius 1 is 0.759 bits per heavy atom. The van der Waals surface area contributed by atoms with Crippen LogP contribution in [0.2, 0.25) is 0 Å². The average Bonchev–Trinajstić information content (AvgIpc) is 2.65. The van der Waals surface area contributed by atoms with E-state index in [0.29, 0.717) is 38.3 Å². The summed E-state index contributed by atoms with van der Waals surface area (Å²) in [5, 5.41) is 33.2. The van der Waals surface area contributed by atoms with E-state index in [-0.39, 0.29) is 21.7 Å². The first-order chi connectivity index (χ1) is 12.9. The van der Waals surface area contributed by atoms with E-state index in [4.69, 9.17) is 20.4 Å². The molecule has 0 aromatic carbocycles. The van der Waals surface area contributed by atoms with Gasteiger partial charge in [-0.2, -0.15) is 0 Å². The van der Waals surface area contributed by atoms with E-state index in [2.05, 4.69) is 23.3 Å². The molecule has 0 heterocycles. The summed E-state index contributed by atoms with van der Waals surface area (Å²) in [5.41, 5.74) is 0. The van der Waals surface area contributed by atoms with Crippen molar-refractivity contribution in [3.63, 3.8) is 0 Å². The second kappa shape index (κ2) is 29.7. The fraction of sp³-hybridized carbons (Fsp3) is 0.800. The van der Waals surface area contributed by atoms with Gasteiger partial charge in [0.05, 0.1) is 13.2 Å². The van der Waals surface area contributed by atoms with Crippen molar-refractivity contribution in [2.24, 2.45) is 11.8 Å². The molecule has 0 bridgehead atoms. The molecule has 0 saturated carbocycles. The minimum Gasteiger partial charge on any atom is -0.466 e. The smallest absolute Gasteiger partial charge is 0.466 e. The zero-order chi connectivity index (χ0) is 23.1. The molecule has 174 valence electrons. The number of aliphatic hydroxyl groups excluding tert-OH is 4. The van der Waals surface area contributed by atoms with Gasteiger partial charge in [0.1, 0.15) is 0 Å². The predicted molar refractivity (Wildman–Crippen MR) is 109 cm³/mol. The van der Waals surface area contributed by atoms with Crippen LogP contribution < -0.4 is 0 Å². The first-order valence-electron chi connectivity index (χ1n) is 9.48. The largest absolute Gasteiger partial charge is 2.00 e. The summed E-state index contributed by atoms with van der Waals surface area (Å²) in [7, 11) is 0. The van der Waals surface area contributed by atoms with Crippen molar-refractivity contribution >= 4 is 11.9 Å². The third-order valence-electron chi connectivity index (χ3n) is 2.17. The Labute approximate surface area is 191 Å². The van der Waals surface area contributed by atoms with E-state index >= 15 is 0 Å². The van der Waals surface area contributed by atoms with Gasteiger partial charge < -0.3 is 43.7 Å². The summed E-state index contributed by atoms with van der Waals surface area (Å²) < 4.78 is 9.00. The zero-order valence-corrected chi connectivity index (χ0v) is 20.4. The minimum atomic E-state index is -1.24. The van der Waals surface area contributed by atoms with Gasteiger partial charge in [0, 0.05) is 25.4 Å². The van der Waals surface area contributed by atoms with E-state index in [0.717, 1.165) is 12.8 Å². The topological polar surface area (TPSA) is 134 Å². The molecule has 4 N–H and O–H groups in total. The molecule has 0 radical (unpaired) electrons. The summed E-state index contributed by atoms with van der Waals surface area (Å²) in [6.07, 6.45) is -0.954. The average molecular weight is 458 g/mol. The van der Waals surface area contributed by atoms with Crippen molar-refractivity contribution in [3.05, 3.63) is 13.8 Å². The Morgan fingerprint density at radius 3 is 1.07 bits per heavy atom. The number of aliphatic hydroxyl groups is 4. The van der Waals surface area contributed by atoms with Crippen LogP contribution in [0.1, 0.15) is 54.4 Å². The Balaban J connectivity index is -0.0000000907. The van der Waals surface area contributed by atoms with E-state index in [1.807, 2.05) is 41.5 Å². The molecule has 0 spiro atoms. The van der Waals surface area contributed by atoms with Crippen molar-refractivity contribution in [3.8, 4) is 0 Å². The van der Waals surface area contributed by atoms with Crippen LogP contribution >= 0.6 is 0 Å². The maximum Gasteiger partial charge on any atom is 2.00 e. The van der Waals surface area contributed by atoms with Crippen LogP contribution in [0.4, 0.5) is 0 Å². The predicted octanol–water partition coefficient (Wildman–Crippen LogP) is 1.54. The Hall–Kier alpha value is -0.506. The summed E-state index contributed by atoms with van der Waals surface area (Å²) >= 11 is 0. The van der Waals surface area contributed by atoms with Gasteiger partial charge in [-0.1, -0.05) is 41.5 Å². The summed E-state index contributed by atoms with van der Waals surface area (Å²) in [6.45, 7) is 19.1. The van der Waals surface area contributed by atoms with Crippen molar-refractivity contribution in [2.45, 2.75) is 66.6 Å². The van der Waals surface area contributed by atoms with E-state index in [1.54, 1.807) is 0 Å². The van der Waals surface area contributed by atoms with Crippen molar-refractivity contribution in [1.29, 1.82) is 0 Å². The van der Waals surface area contributed by atoms with Crippen LogP contribution in [-0.4, -0.2) is 71.0 Å². The summed E-state index contributed by atoms with van der Waals surface area (Å²) in [4.78, 5) is 20.7. The number of carbonyl (C=O) groups excluding carboxylic acids is 2. The van der Waals surface area contributed by atoms with Gasteiger partial charge in [-0.25, -0.2) is 0 Å². The van der Waals surface area contributed by atoms with Gasteiger partial charge in [-0.3, -0.25) is 9.59 Å². The first-order valence-corrected chi connectivity index (χ1v) is 9.48. The standard InChI is InChI=1S/2C6H11O3.2C4H10O.Ti/c2*1-3-4-9-6(8)5(2)7;2*1-4(2)3-5;/h2*5,7H,2-4H2,1H3;2*4-5H,3H2,1-2H3;/q2*-1;;;+2. The second-order valence-corrected chi connectivity index (χ2v) is 6.52. The molecule has 0 fully saturated rings. The zero-order valence-electron chi connectivity index (χ0n) is 18.9. The fourth-order valence-electron chi connectivity index (χ4n) is 0.598. The van der Waals surface area contributed by atoms with Crippen molar-refractivity contribution in [2.75, 3.05) is 26.4 Å². The number of hydrogen-bond donors (Lipinski definition) is 4. The number of ether oxygens (including phenoxy) is 2. The molecule has 0 amide bonds. The van der Waals surface area contributed by atoms with Gasteiger partial charge in [0.25, 0.3) is 0 Å². The third-order valence-corrected chi connectivity index (χ3v) is 2.17. The van der Waals surface area contributed by atoms with Crippen molar-refractivity contribution in [1.82, 2.24) is 0 Å². The second-order valence-electron chi connectivity index (χ2n) is 6.52. The molecule has 0 aliphatic rings. The van der Waals surface area contributed by atoms with Crippen LogP contribution in [0.3, 0.4) is 0 Å². The SMILES string of the molecule is CC(C)CO.CC(C)CO.[CH2-]C(O)C(=O)OCCC.[CH2-]C(O)C(=O)OCCC.[Ti+2]. The minimum absolute atomic E-state index is 0. The molecular weight excluding hydrogens is 416 g/mol. The van der Waals surface area contributed by atoms with Crippen LogP contribution in [0, 0.1) is 25.7 Å². The molecule has 2 atom stereocenters. The molecule has 0 aliphatic heterocycles. The van der Waals surface area contributed by atoms with Crippen LogP contribution in [0.25, 0.3) is 0 Å². The maximum atomic E-state index is 10.4. The van der Waals surface area contributed by atoms with Crippen LogP contribution in [-0.2, 0) is 40.8 Å². The third kappa shape index (κ3) is 47.0. The quantitative estimate of drug-likeness (QED) is 0.245. The van der Waals surface area contributed by atoms with Crippen molar-refractivity contribution < 1.29 is 61.2 Å². The Bertz CT molecular complexity index is 302. The molecule has 2 unspecified atom stereocenters. The van der Waals surface area contributed by atoms with Crippen LogP contribution in [0.15, 0.2) is 0 Å². The van der Waals surface area contributed by atoms with Gasteiger partial charge in [-0.05, 0) is 24.7 Å². The summed E-state index contributed by atoms with van der Waals surface area (Å²) in [6, 6.07) is 0. The first kappa shape index (κ1) is 39.0. The Kier molecular flexibility index (Phi) is 40.0. The molecular formula is C20H42O8Ti. The molecule has 0 aliphatic carbocycles. The number of hydrogen-bond acceptors (Lipinski definition) is 8. The summed E-state index contributed by atoms with van der Waals surface area (Å²) in [5.74, 6) is -0.432. The molecule has 0 aromatic rings. The monoisotopic (exact) mass is 458 g/mol. The van der Waals surface area contributed by atoms with E-state index < -0.39 is 24.1 Å². The maximum absolute atomic E-state index is 10.4. The molecule has 9 heteroatoms.